The molecule has 0 aliphatic heterocycles. The van der Waals surface area contributed by atoms with Crippen LogP contribution in [-0.4, -0.2) is 46.5 Å². The SMILES string of the molecule is COCC(N)C(CO)Sc1cnn(C)c1. The molecule has 0 radical (unpaired) electrons. The van der Waals surface area contributed by atoms with Crippen LogP contribution in [0.5, 0.6) is 0 Å². The van der Waals surface area contributed by atoms with Crippen molar-refractivity contribution in [2.24, 2.45) is 12.8 Å². The molecule has 6 heteroatoms. The van der Waals surface area contributed by atoms with Gasteiger partial charge < -0.3 is 15.6 Å². The second-order valence-electron chi connectivity index (χ2n) is 3.31. The van der Waals surface area contributed by atoms with E-state index in [4.69, 9.17) is 10.5 Å². The van der Waals surface area contributed by atoms with Crippen LogP contribution in [0.1, 0.15) is 0 Å². The molecular formula is C9H17N3O2S. The van der Waals surface area contributed by atoms with Gasteiger partial charge in [-0.15, -0.1) is 11.8 Å². The Kier molecular flexibility index (Phi) is 5.10. The summed E-state index contributed by atoms with van der Waals surface area (Å²) in [6.07, 6.45) is 3.65. The predicted octanol–water partition coefficient (Wildman–Crippen LogP) is -0.153. The molecule has 1 heterocycles. The molecule has 3 N–H and O–H groups in total. The molecule has 2 atom stereocenters. The van der Waals surface area contributed by atoms with Crippen molar-refractivity contribution in [3.8, 4) is 0 Å². The Morgan fingerprint density at radius 3 is 2.93 bits per heavy atom. The number of aromatic nitrogens is 2. The lowest BCUT2D eigenvalue weighted by atomic mass is 10.2. The normalized spacial score (nSPS) is 15.2. The molecule has 0 aliphatic rings. The van der Waals surface area contributed by atoms with Crippen molar-refractivity contribution in [1.82, 2.24) is 9.78 Å². The molecule has 0 saturated carbocycles. The lowest BCUT2D eigenvalue weighted by Crippen LogP contribution is -2.38. The van der Waals surface area contributed by atoms with E-state index in [-0.39, 0.29) is 17.9 Å². The topological polar surface area (TPSA) is 73.3 Å². The number of hydrogen-bond donors (Lipinski definition) is 2. The number of nitrogens with two attached hydrogens (primary N) is 1. The highest BCUT2D eigenvalue weighted by atomic mass is 32.2. The Morgan fingerprint density at radius 1 is 1.73 bits per heavy atom. The molecule has 1 aromatic rings. The highest BCUT2D eigenvalue weighted by Crippen LogP contribution is 2.23. The van der Waals surface area contributed by atoms with Crippen molar-refractivity contribution in [2.45, 2.75) is 16.2 Å². The lowest BCUT2D eigenvalue weighted by Gasteiger charge is -2.19. The number of aliphatic hydroxyl groups excluding tert-OH is 1. The zero-order chi connectivity index (χ0) is 11.3. The lowest BCUT2D eigenvalue weighted by molar-refractivity contribution is 0.167. The maximum absolute atomic E-state index is 9.21. The number of aliphatic hydroxyl groups is 1. The highest BCUT2D eigenvalue weighted by molar-refractivity contribution is 8.00. The van der Waals surface area contributed by atoms with E-state index in [1.807, 2.05) is 13.2 Å². The fourth-order valence-corrected chi connectivity index (χ4v) is 2.19. The minimum absolute atomic E-state index is 0.0318. The van der Waals surface area contributed by atoms with Crippen molar-refractivity contribution in [3.05, 3.63) is 12.4 Å². The summed E-state index contributed by atoms with van der Waals surface area (Å²) >= 11 is 1.52. The van der Waals surface area contributed by atoms with Gasteiger partial charge in [0, 0.05) is 31.3 Å². The van der Waals surface area contributed by atoms with Gasteiger partial charge in [0.25, 0.3) is 0 Å². The molecule has 1 aromatic heterocycles. The van der Waals surface area contributed by atoms with Gasteiger partial charge in [-0.05, 0) is 0 Å². The standard InChI is InChI=1S/C9H17N3O2S/c1-12-4-7(3-11-12)15-9(5-13)8(10)6-14-2/h3-4,8-9,13H,5-6,10H2,1-2H3. The van der Waals surface area contributed by atoms with E-state index in [0.717, 1.165) is 4.90 Å². The predicted molar refractivity (Wildman–Crippen MR) is 59.8 cm³/mol. The number of ether oxygens (including phenoxy) is 1. The van der Waals surface area contributed by atoms with Crippen LogP contribution in [0.4, 0.5) is 0 Å². The van der Waals surface area contributed by atoms with E-state index in [1.54, 1.807) is 18.0 Å². The summed E-state index contributed by atoms with van der Waals surface area (Å²) in [6, 6.07) is -0.176. The Hall–Kier alpha value is -0.560. The number of hydrogen-bond acceptors (Lipinski definition) is 5. The summed E-state index contributed by atoms with van der Waals surface area (Å²) in [5.74, 6) is 0. The van der Waals surface area contributed by atoms with Gasteiger partial charge in [0.05, 0.1) is 24.7 Å². The molecule has 5 nitrogen and oxygen atoms in total. The summed E-state index contributed by atoms with van der Waals surface area (Å²) in [5.41, 5.74) is 5.86. The van der Waals surface area contributed by atoms with Gasteiger partial charge in [-0.2, -0.15) is 5.10 Å². The van der Waals surface area contributed by atoms with Gasteiger partial charge >= 0.3 is 0 Å². The van der Waals surface area contributed by atoms with Crippen LogP contribution < -0.4 is 5.73 Å². The molecule has 15 heavy (non-hydrogen) atoms. The van der Waals surface area contributed by atoms with Crippen LogP contribution in [0.3, 0.4) is 0 Å². The van der Waals surface area contributed by atoms with Crippen LogP contribution in [0, 0.1) is 0 Å². The van der Waals surface area contributed by atoms with E-state index >= 15 is 0 Å². The number of aryl methyl sites for hydroxylation is 1. The third-order valence-electron chi connectivity index (χ3n) is 1.99. The number of thioether (sulfide) groups is 1. The molecule has 0 aromatic carbocycles. The molecule has 0 spiro atoms. The maximum atomic E-state index is 9.21. The Labute approximate surface area is 93.6 Å². The highest BCUT2D eigenvalue weighted by Gasteiger charge is 2.18. The fraction of sp³-hybridized carbons (Fsp3) is 0.667. The summed E-state index contributed by atoms with van der Waals surface area (Å²) < 4.78 is 6.68. The van der Waals surface area contributed by atoms with Gasteiger partial charge in [0.2, 0.25) is 0 Å². The van der Waals surface area contributed by atoms with E-state index in [9.17, 15) is 5.11 Å². The van der Waals surface area contributed by atoms with Crippen LogP contribution in [0.15, 0.2) is 17.3 Å². The van der Waals surface area contributed by atoms with Gasteiger partial charge in [0.1, 0.15) is 0 Å². The van der Waals surface area contributed by atoms with Gasteiger partial charge in [0.15, 0.2) is 0 Å². The molecule has 0 bridgehead atoms. The largest absolute Gasteiger partial charge is 0.395 e. The zero-order valence-corrected chi connectivity index (χ0v) is 9.78. The Morgan fingerprint density at radius 2 is 2.47 bits per heavy atom. The molecule has 86 valence electrons. The first kappa shape index (κ1) is 12.5. The second kappa shape index (κ2) is 6.12. The summed E-state index contributed by atoms with van der Waals surface area (Å²) in [6.45, 7) is 0.475. The first-order chi connectivity index (χ1) is 7.17. The van der Waals surface area contributed by atoms with E-state index in [1.165, 1.54) is 11.8 Å². The quantitative estimate of drug-likeness (QED) is 0.666. The third kappa shape index (κ3) is 3.83. The number of nitrogens with zero attached hydrogens (tertiary/aromatic N) is 2. The Bertz CT molecular complexity index is 293. The average Bonchev–Trinajstić information content (AvgIpc) is 2.61. The van der Waals surface area contributed by atoms with Crippen molar-refractivity contribution < 1.29 is 9.84 Å². The van der Waals surface area contributed by atoms with Crippen LogP contribution in [-0.2, 0) is 11.8 Å². The van der Waals surface area contributed by atoms with Gasteiger partial charge in [-0.25, -0.2) is 0 Å². The van der Waals surface area contributed by atoms with E-state index < -0.39 is 0 Å². The molecule has 0 saturated heterocycles. The molecule has 0 fully saturated rings. The van der Waals surface area contributed by atoms with Crippen molar-refractivity contribution in [3.63, 3.8) is 0 Å². The summed E-state index contributed by atoms with van der Waals surface area (Å²) in [4.78, 5) is 1.00. The minimum Gasteiger partial charge on any atom is -0.395 e. The number of rotatable bonds is 6. The molecule has 0 aliphatic carbocycles. The van der Waals surface area contributed by atoms with Crippen molar-refractivity contribution in [2.75, 3.05) is 20.3 Å². The molecule has 2 unspecified atom stereocenters. The van der Waals surface area contributed by atoms with Gasteiger partial charge in [-0.3, -0.25) is 4.68 Å². The monoisotopic (exact) mass is 231 g/mol. The van der Waals surface area contributed by atoms with Crippen LogP contribution >= 0.6 is 11.8 Å². The zero-order valence-electron chi connectivity index (χ0n) is 8.96. The second-order valence-corrected chi connectivity index (χ2v) is 4.62. The maximum Gasteiger partial charge on any atom is 0.0625 e. The average molecular weight is 231 g/mol. The van der Waals surface area contributed by atoms with Gasteiger partial charge in [-0.1, -0.05) is 0 Å². The minimum atomic E-state index is -0.176. The Balaban J connectivity index is 2.53. The van der Waals surface area contributed by atoms with Crippen molar-refractivity contribution in [1.29, 1.82) is 0 Å². The first-order valence-electron chi connectivity index (χ1n) is 4.68. The van der Waals surface area contributed by atoms with E-state index in [0.29, 0.717) is 6.61 Å². The number of methoxy groups -OCH3 is 1. The molecule has 1 rings (SSSR count). The summed E-state index contributed by atoms with van der Waals surface area (Å²) in [5, 5.41) is 13.2. The molecular weight excluding hydrogens is 214 g/mol. The van der Waals surface area contributed by atoms with Crippen molar-refractivity contribution >= 4 is 11.8 Å². The summed E-state index contributed by atoms with van der Waals surface area (Å²) in [7, 11) is 3.45. The fourth-order valence-electron chi connectivity index (χ4n) is 1.19. The molecule has 0 amide bonds. The van der Waals surface area contributed by atoms with Crippen LogP contribution in [0.2, 0.25) is 0 Å². The van der Waals surface area contributed by atoms with E-state index in [2.05, 4.69) is 5.10 Å². The third-order valence-corrected chi connectivity index (χ3v) is 3.27. The van der Waals surface area contributed by atoms with Crippen LogP contribution in [0.25, 0.3) is 0 Å². The first-order valence-corrected chi connectivity index (χ1v) is 5.56. The smallest absolute Gasteiger partial charge is 0.0625 e.